The minimum Gasteiger partial charge on any atom is -0.385 e. The van der Waals surface area contributed by atoms with Crippen LogP contribution in [0.15, 0.2) is 18.2 Å². The van der Waals surface area contributed by atoms with Crippen LogP contribution >= 0.6 is 11.3 Å². The van der Waals surface area contributed by atoms with Gasteiger partial charge in [0.2, 0.25) is 0 Å². The Kier molecular flexibility index (Phi) is 3.69. The molecule has 0 bridgehead atoms. The van der Waals surface area contributed by atoms with Gasteiger partial charge in [0.1, 0.15) is 16.6 Å². The van der Waals surface area contributed by atoms with E-state index in [1.807, 2.05) is 6.92 Å². The first kappa shape index (κ1) is 14.1. The van der Waals surface area contributed by atoms with Crippen molar-refractivity contribution in [3.05, 3.63) is 40.4 Å². The average molecular weight is 283 g/mol. The molecule has 5 heteroatoms. The molecule has 102 valence electrons. The number of aliphatic hydroxyl groups is 1. The smallest absolute Gasteiger partial charge is 0.136 e. The van der Waals surface area contributed by atoms with Crippen LogP contribution in [0.4, 0.5) is 8.78 Å². The second-order valence-electron chi connectivity index (χ2n) is 4.80. The predicted molar refractivity (Wildman–Crippen MR) is 72.1 cm³/mol. The van der Waals surface area contributed by atoms with Crippen molar-refractivity contribution >= 4 is 11.3 Å². The number of halogens is 2. The van der Waals surface area contributed by atoms with Crippen molar-refractivity contribution in [3.8, 4) is 10.6 Å². The van der Waals surface area contributed by atoms with Gasteiger partial charge in [-0.1, -0.05) is 13.0 Å². The maximum Gasteiger partial charge on any atom is 0.136 e. The van der Waals surface area contributed by atoms with Crippen LogP contribution in [-0.4, -0.2) is 10.1 Å². The summed E-state index contributed by atoms with van der Waals surface area (Å²) >= 11 is 1.13. The summed E-state index contributed by atoms with van der Waals surface area (Å²) in [5.74, 6) is -1.28. The van der Waals surface area contributed by atoms with Crippen molar-refractivity contribution in [2.45, 2.75) is 32.8 Å². The van der Waals surface area contributed by atoms with Crippen molar-refractivity contribution in [2.75, 3.05) is 0 Å². The molecule has 0 saturated carbocycles. The molecule has 0 fully saturated rings. The molecule has 0 saturated heterocycles. The molecule has 0 unspecified atom stereocenters. The van der Waals surface area contributed by atoms with Crippen molar-refractivity contribution in [2.24, 2.45) is 0 Å². The minimum absolute atomic E-state index is 0.127. The van der Waals surface area contributed by atoms with Gasteiger partial charge in [0.25, 0.3) is 0 Å². The Hall–Kier alpha value is -1.33. The number of aryl methyl sites for hydroxylation is 1. The molecule has 1 N–H and O–H groups in total. The summed E-state index contributed by atoms with van der Waals surface area (Å²) in [4.78, 5) is 4.91. The summed E-state index contributed by atoms with van der Waals surface area (Å²) in [5.41, 5.74) is -0.518. The Morgan fingerprint density at radius 3 is 2.26 bits per heavy atom. The third-order valence-corrected chi connectivity index (χ3v) is 4.19. The molecule has 19 heavy (non-hydrogen) atoms. The molecular formula is C14H15F2NOS. The van der Waals surface area contributed by atoms with E-state index in [9.17, 15) is 13.9 Å². The van der Waals surface area contributed by atoms with Gasteiger partial charge in [-0.25, -0.2) is 13.8 Å². The maximum absolute atomic E-state index is 13.7. The maximum atomic E-state index is 13.7. The molecule has 0 aliphatic carbocycles. The Morgan fingerprint density at radius 2 is 1.84 bits per heavy atom. The third kappa shape index (κ3) is 2.67. The number of hydrogen-bond acceptors (Lipinski definition) is 3. The fourth-order valence-electron chi connectivity index (χ4n) is 1.88. The monoisotopic (exact) mass is 283 g/mol. The minimum atomic E-state index is -1.07. The molecule has 0 aliphatic rings. The van der Waals surface area contributed by atoms with Crippen molar-refractivity contribution in [1.82, 2.24) is 4.98 Å². The Bertz CT molecular complexity index is 582. The van der Waals surface area contributed by atoms with Gasteiger partial charge in [0.05, 0.1) is 21.7 Å². The average Bonchev–Trinajstić information content (AvgIpc) is 2.72. The standard InChI is InChI=1S/C14H15F2NOS/c1-4-10-12(14(2,3)18)19-13(17-10)11-8(15)6-5-7-9(11)16/h5-7,18H,4H2,1-3H3. The molecule has 1 heterocycles. The van der Waals surface area contributed by atoms with Gasteiger partial charge in [0, 0.05) is 0 Å². The molecule has 0 spiro atoms. The van der Waals surface area contributed by atoms with Crippen LogP contribution in [-0.2, 0) is 12.0 Å². The summed E-state index contributed by atoms with van der Waals surface area (Å²) < 4.78 is 27.5. The topological polar surface area (TPSA) is 33.1 Å². The number of rotatable bonds is 3. The van der Waals surface area contributed by atoms with Crippen LogP contribution in [0.1, 0.15) is 31.3 Å². The van der Waals surface area contributed by atoms with Gasteiger partial charge in [-0.3, -0.25) is 0 Å². The molecular weight excluding hydrogens is 268 g/mol. The Morgan fingerprint density at radius 1 is 1.26 bits per heavy atom. The number of benzene rings is 1. The van der Waals surface area contributed by atoms with E-state index in [0.29, 0.717) is 17.0 Å². The number of aromatic nitrogens is 1. The molecule has 0 amide bonds. The van der Waals surface area contributed by atoms with E-state index in [2.05, 4.69) is 4.98 Å². The molecule has 1 aromatic carbocycles. The van der Waals surface area contributed by atoms with E-state index in [4.69, 9.17) is 0 Å². The lowest BCUT2D eigenvalue weighted by atomic mass is 10.1. The van der Waals surface area contributed by atoms with E-state index < -0.39 is 17.2 Å². The fraction of sp³-hybridized carbons (Fsp3) is 0.357. The lowest BCUT2D eigenvalue weighted by Gasteiger charge is -2.15. The van der Waals surface area contributed by atoms with Gasteiger partial charge in [-0.2, -0.15) is 0 Å². The molecule has 2 rings (SSSR count). The quantitative estimate of drug-likeness (QED) is 0.927. The third-order valence-electron chi connectivity index (χ3n) is 2.76. The van der Waals surface area contributed by atoms with Crippen molar-refractivity contribution in [3.63, 3.8) is 0 Å². The van der Waals surface area contributed by atoms with E-state index in [-0.39, 0.29) is 10.6 Å². The molecule has 0 aliphatic heterocycles. The van der Waals surface area contributed by atoms with Crippen LogP contribution in [0, 0.1) is 11.6 Å². The zero-order valence-electron chi connectivity index (χ0n) is 11.0. The van der Waals surface area contributed by atoms with E-state index >= 15 is 0 Å². The highest BCUT2D eigenvalue weighted by Gasteiger charge is 2.26. The van der Waals surface area contributed by atoms with E-state index in [1.54, 1.807) is 13.8 Å². The number of hydrogen-bond donors (Lipinski definition) is 1. The molecule has 2 nitrogen and oxygen atoms in total. The molecule has 0 atom stereocenters. The summed E-state index contributed by atoms with van der Waals surface area (Å²) in [6, 6.07) is 3.73. The van der Waals surface area contributed by atoms with Crippen molar-refractivity contribution in [1.29, 1.82) is 0 Å². The molecule has 0 radical (unpaired) electrons. The normalized spacial score (nSPS) is 11.9. The van der Waals surface area contributed by atoms with Gasteiger partial charge in [-0.15, -0.1) is 11.3 Å². The predicted octanol–water partition coefficient (Wildman–Crippen LogP) is 3.88. The Balaban J connectivity index is 2.62. The number of thiazole rings is 1. The van der Waals surface area contributed by atoms with Gasteiger partial charge in [0.15, 0.2) is 0 Å². The largest absolute Gasteiger partial charge is 0.385 e. The van der Waals surface area contributed by atoms with E-state index in [1.165, 1.54) is 18.2 Å². The zero-order valence-corrected chi connectivity index (χ0v) is 11.8. The van der Waals surface area contributed by atoms with Gasteiger partial charge >= 0.3 is 0 Å². The van der Waals surface area contributed by atoms with Crippen LogP contribution in [0.3, 0.4) is 0 Å². The van der Waals surface area contributed by atoms with Gasteiger partial charge in [-0.05, 0) is 32.4 Å². The van der Waals surface area contributed by atoms with Crippen LogP contribution in [0.2, 0.25) is 0 Å². The summed E-state index contributed by atoms with van der Waals surface area (Å²) in [6.07, 6.45) is 0.603. The second kappa shape index (κ2) is 4.98. The van der Waals surface area contributed by atoms with Crippen LogP contribution in [0.25, 0.3) is 10.6 Å². The van der Waals surface area contributed by atoms with Gasteiger partial charge < -0.3 is 5.11 Å². The number of nitrogens with zero attached hydrogens (tertiary/aromatic N) is 1. The lowest BCUT2D eigenvalue weighted by molar-refractivity contribution is 0.0814. The lowest BCUT2D eigenvalue weighted by Crippen LogP contribution is -2.15. The Labute approximate surface area is 114 Å². The molecule has 2 aromatic rings. The van der Waals surface area contributed by atoms with E-state index in [0.717, 1.165) is 11.3 Å². The van der Waals surface area contributed by atoms with Crippen molar-refractivity contribution < 1.29 is 13.9 Å². The molecule has 1 aromatic heterocycles. The highest BCUT2D eigenvalue weighted by atomic mass is 32.1. The first-order valence-electron chi connectivity index (χ1n) is 6.01. The SMILES string of the molecule is CCc1nc(-c2c(F)cccc2F)sc1C(C)(C)O. The summed E-state index contributed by atoms with van der Waals surface area (Å²) in [7, 11) is 0. The highest BCUT2D eigenvalue weighted by Crippen LogP contribution is 2.37. The first-order valence-corrected chi connectivity index (χ1v) is 6.83. The van der Waals surface area contributed by atoms with Crippen LogP contribution in [0.5, 0.6) is 0 Å². The van der Waals surface area contributed by atoms with Crippen LogP contribution < -0.4 is 0 Å². The first-order chi connectivity index (χ1) is 8.84. The zero-order chi connectivity index (χ0) is 14.2. The second-order valence-corrected chi connectivity index (χ2v) is 5.80. The highest BCUT2D eigenvalue weighted by molar-refractivity contribution is 7.15. The fourth-order valence-corrected chi connectivity index (χ4v) is 3.08. The summed E-state index contributed by atoms with van der Waals surface area (Å²) in [5, 5.41) is 10.4. The summed E-state index contributed by atoms with van der Waals surface area (Å²) in [6.45, 7) is 5.17.